The summed E-state index contributed by atoms with van der Waals surface area (Å²) in [6, 6.07) is 8.59. The van der Waals surface area contributed by atoms with Crippen LogP contribution in [0.15, 0.2) is 40.4 Å². The number of anilines is 1. The molecule has 0 spiro atoms. The number of benzene rings is 1. The molecule has 6 nitrogen and oxygen atoms in total. The van der Waals surface area contributed by atoms with Gasteiger partial charge < -0.3 is 9.88 Å². The summed E-state index contributed by atoms with van der Waals surface area (Å²) in [5.74, 6) is 0.872. The van der Waals surface area contributed by atoms with E-state index in [0.717, 1.165) is 25.3 Å². The zero-order chi connectivity index (χ0) is 15.6. The molecule has 0 unspecified atom stereocenters. The van der Waals surface area contributed by atoms with Crippen LogP contribution in [0.4, 0.5) is 5.69 Å². The van der Waals surface area contributed by atoms with E-state index in [9.17, 15) is 4.79 Å². The number of nitrogens with one attached hydrogen (secondary N) is 2. The largest absolute Gasteiger partial charge is 0.370 e. The van der Waals surface area contributed by atoms with E-state index in [1.165, 1.54) is 23.9 Å². The Kier molecular flexibility index (Phi) is 3.78. The van der Waals surface area contributed by atoms with E-state index in [2.05, 4.69) is 49.3 Å². The molecule has 0 amide bonds. The lowest BCUT2D eigenvalue weighted by Crippen LogP contribution is -2.31. The number of aromatic nitrogens is 4. The fraction of sp³-hybridized carbons (Fsp3) is 0.312. The molecule has 23 heavy (non-hydrogen) atoms. The second kappa shape index (κ2) is 6.08. The molecule has 0 fully saturated rings. The summed E-state index contributed by atoms with van der Waals surface area (Å²) in [5, 5.41) is 7.74. The highest BCUT2D eigenvalue weighted by molar-refractivity contribution is 7.99. The maximum Gasteiger partial charge on any atom is 0.262 e. The van der Waals surface area contributed by atoms with Crippen LogP contribution in [-0.4, -0.2) is 39.0 Å². The van der Waals surface area contributed by atoms with Crippen molar-refractivity contribution in [3.05, 3.63) is 46.4 Å². The van der Waals surface area contributed by atoms with Gasteiger partial charge in [-0.1, -0.05) is 30.0 Å². The number of para-hydroxylation sites is 1. The molecule has 2 N–H and O–H groups in total. The van der Waals surface area contributed by atoms with Crippen molar-refractivity contribution in [1.82, 2.24) is 20.2 Å². The van der Waals surface area contributed by atoms with Gasteiger partial charge >= 0.3 is 0 Å². The minimum Gasteiger partial charge on any atom is -0.370 e. The van der Waals surface area contributed by atoms with Crippen LogP contribution in [-0.2, 0) is 6.42 Å². The second-order valence-electron chi connectivity index (χ2n) is 5.57. The second-order valence-corrected chi connectivity index (χ2v) is 6.65. The van der Waals surface area contributed by atoms with Crippen molar-refractivity contribution < 1.29 is 0 Å². The average Bonchev–Trinajstić information content (AvgIpc) is 3.04. The SMILES string of the molecule is O=c1[nH]c(SCCN2CCCc3ccccc32)nc2[nH]ncc12. The van der Waals surface area contributed by atoms with Gasteiger partial charge in [0.1, 0.15) is 5.39 Å². The Morgan fingerprint density at radius 3 is 3.17 bits per heavy atom. The molecule has 1 aromatic carbocycles. The summed E-state index contributed by atoms with van der Waals surface area (Å²) in [7, 11) is 0. The zero-order valence-electron chi connectivity index (χ0n) is 12.6. The summed E-state index contributed by atoms with van der Waals surface area (Å²) in [4.78, 5) is 21.5. The number of aryl methyl sites for hydroxylation is 1. The highest BCUT2D eigenvalue weighted by Crippen LogP contribution is 2.27. The van der Waals surface area contributed by atoms with Crippen molar-refractivity contribution in [2.24, 2.45) is 0 Å². The lowest BCUT2D eigenvalue weighted by molar-refractivity contribution is 0.710. The highest BCUT2D eigenvalue weighted by atomic mass is 32.2. The number of nitrogens with zero attached hydrogens (tertiary/aromatic N) is 3. The van der Waals surface area contributed by atoms with E-state index in [-0.39, 0.29) is 5.56 Å². The summed E-state index contributed by atoms with van der Waals surface area (Å²) < 4.78 is 0. The van der Waals surface area contributed by atoms with Gasteiger partial charge in [-0.15, -0.1) is 0 Å². The number of aromatic amines is 2. The average molecular weight is 327 g/mol. The van der Waals surface area contributed by atoms with E-state index < -0.39 is 0 Å². The van der Waals surface area contributed by atoms with Crippen LogP contribution in [0.25, 0.3) is 11.0 Å². The number of fused-ring (bicyclic) bond motifs is 2. The minimum atomic E-state index is -0.144. The molecule has 0 saturated heterocycles. The first-order valence-corrected chi connectivity index (χ1v) is 8.69. The number of rotatable bonds is 4. The predicted octanol–water partition coefficient (Wildman–Crippen LogP) is 2.19. The first-order chi connectivity index (χ1) is 11.3. The fourth-order valence-corrected chi connectivity index (χ4v) is 3.82. The van der Waals surface area contributed by atoms with Gasteiger partial charge in [-0.2, -0.15) is 5.10 Å². The summed E-state index contributed by atoms with van der Waals surface area (Å²) in [6.45, 7) is 2.02. The van der Waals surface area contributed by atoms with Gasteiger partial charge in [0.05, 0.1) is 6.20 Å². The van der Waals surface area contributed by atoms with Gasteiger partial charge in [-0.3, -0.25) is 9.89 Å². The molecule has 3 heterocycles. The zero-order valence-corrected chi connectivity index (χ0v) is 13.4. The van der Waals surface area contributed by atoms with Crippen molar-refractivity contribution >= 4 is 28.5 Å². The maximum absolute atomic E-state index is 11.9. The highest BCUT2D eigenvalue weighted by Gasteiger charge is 2.16. The predicted molar refractivity (Wildman–Crippen MR) is 92.2 cm³/mol. The van der Waals surface area contributed by atoms with Crippen LogP contribution in [0.1, 0.15) is 12.0 Å². The van der Waals surface area contributed by atoms with Crippen LogP contribution >= 0.6 is 11.8 Å². The van der Waals surface area contributed by atoms with Crippen LogP contribution < -0.4 is 10.5 Å². The third-order valence-electron chi connectivity index (χ3n) is 4.10. The molecular formula is C16H17N5OS. The Labute approximate surface area is 137 Å². The minimum absolute atomic E-state index is 0.144. The first kappa shape index (κ1) is 14.3. The standard InChI is InChI=1S/C16H17N5OS/c22-15-12-10-17-20-14(12)18-16(19-15)23-9-8-21-7-3-5-11-4-1-2-6-13(11)21/h1-2,4,6,10H,3,5,7-9H2,(H2,17,18,19,20,22). The van der Waals surface area contributed by atoms with Crippen LogP contribution in [0.3, 0.4) is 0 Å². The van der Waals surface area contributed by atoms with Crippen LogP contribution in [0.5, 0.6) is 0 Å². The van der Waals surface area contributed by atoms with Gasteiger partial charge in [0.15, 0.2) is 10.8 Å². The molecule has 2 aromatic heterocycles. The van der Waals surface area contributed by atoms with E-state index >= 15 is 0 Å². The number of thioether (sulfide) groups is 1. The molecule has 0 radical (unpaired) electrons. The molecule has 7 heteroatoms. The topological polar surface area (TPSA) is 77.7 Å². The number of hydrogen-bond donors (Lipinski definition) is 2. The van der Waals surface area contributed by atoms with Gasteiger partial charge in [0.25, 0.3) is 5.56 Å². The monoisotopic (exact) mass is 327 g/mol. The Bertz CT molecular complexity index is 887. The molecule has 1 aliphatic rings. The Morgan fingerprint density at radius 2 is 2.22 bits per heavy atom. The molecule has 0 atom stereocenters. The Morgan fingerprint density at radius 1 is 1.30 bits per heavy atom. The Balaban J connectivity index is 1.45. The number of H-pyrrole nitrogens is 2. The van der Waals surface area contributed by atoms with E-state index in [1.54, 1.807) is 11.8 Å². The quantitative estimate of drug-likeness (QED) is 0.567. The molecule has 0 aliphatic carbocycles. The van der Waals surface area contributed by atoms with Crippen molar-refractivity contribution in [3.63, 3.8) is 0 Å². The Hall–Kier alpha value is -2.28. The van der Waals surface area contributed by atoms with Gasteiger partial charge in [0, 0.05) is 24.5 Å². The third kappa shape index (κ3) is 2.84. The van der Waals surface area contributed by atoms with E-state index in [4.69, 9.17) is 0 Å². The molecule has 4 rings (SSSR count). The normalized spacial score (nSPS) is 14.2. The molecule has 3 aromatic rings. The van der Waals surface area contributed by atoms with Crippen molar-refractivity contribution in [2.75, 3.05) is 23.7 Å². The van der Waals surface area contributed by atoms with Gasteiger partial charge in [0.2, 0.25) is 0 Å². The van der Waals surface area contributed by atoms with Crippen LogP contribution in [0.2, 0.25) is 0 Å². The van der Waals surface area contributed by atoms with E-state index in [0.29, 0.717) is 16.2 Å². The van der Waals surface area contributed by atoms with Crippen molar-refractivity contribution in [3.8, 4) is 0 Å². The number of hydrogen-bond acceptors (Lipinski definition) is 5. The van der Waals surface area contributed by atoms with Gasteiger partial charge in [-0.25, -0.2) is 4.98 Å². The molecule has 0 saturated carbocycles. The summed E-state index contributed by atoms with van der Waals surface area (Å²) in [6.07, 6.45) is 3.85. The smallest absolute Gasteiger partial charge is 0.262 e. The summed E-state index contributed by atoms with van der Waals surface area (Å²) >= 11 is 1.57. The lowest BCUT2D eigenvalue weighted by atomic mass is 10.0. The maximum atomic E-state index is 11.9. The molecule has 1 aliphatic heterocycles. The summed E-state index contributed by atoms with van der Waals surface area (Å²) in [5.41, 5.74) is 3.16. The molecule has 0 bridgehead atoms. The fourth-order valence-electron chi connectivity index (χ4n) is 2.99. The van der Waals surface area contributed by atoms with Crippen LogP contribution in [0, 0.1) is 0 Å². The molecule has 118 valence electrons. The molecular weight excluding hydrogens is 310 g/mol. The van der Waals surface area contributed by atoms with Crippen molar-refractivity contribution in [1.29, 1.82) is 0 Å². The third-order valence-corrected chi connectivity index (χ3v) is 4.96. The van der Waals surface area contributed by atoms with Crippen molar-refractivity contribution in [2.45, 2.75) is 18.0 Å². The lowest BCUT2D eigenvalue weighted by Gasteiger charge is -2.31. The van der Waals surface area contributed by atoms with E-state index in [1.807, 2.05) is 0 Å². The van der Waals surface area contributed by atoms with Gasteiger partial charge in [-0.05, 0) is 24.5 Å². The first-order valence-electron chi connectivity index (χ1n) is 7.70.